The lowest BCUT2D eigenvalue weighted by Crippen LogP contribution is -2.27. The number of Topliss-reactive ketones (excluding diaryl/α,β-unsaturated/α-hetero) is 1. The minimum atomic E-state index is -0.487. The van der Waals surface area contributed by atoms with Gasteiger partial charge < -0.3 is 4.74 Å². The van der Waals surface area contributed by atoms with E-state index >= 15 is 0 Å². The standard InChI is InChI=1S/C17H21FO2/c1-12-5-3-4-6-15(12)11-20-13(2)17(19)14-7-9-16(18)10-8-14/h3-4,7-10,12-13,15H,5-6,11H2,1-2H3. The van der Waals surface area contributed by atoms with Crippen LogP contribution < -0.4 is 0 Å². The van der Waals surface area contributed by atoms with Crippen LogP contribution in [0.2, 0.25) is 0 Å². The van der Waals surface area contributed by atoms with Gasteiger partial charge in [-0.1, -0.05) is 19.1 Å². The smallest absolute Gasteiger partial charge is 0.191 e. The molecule has 3 heteroatoms. The molecule has 0 spiro atoms. The third kappa shape index (κ3) is 3.76. The molecule has 0 saturated carbocycles. The summed E-state index contributed by atoms with van der Waals surface area (Å²) in [6, 6.07) is 5.61. The van der Waals surface area contributed by atoms with Crippen molar-refractivity contribution in [2.75, 3.05) is 6.61 Å². The van der Waals surface area contributed by atoms with Gasteiger partial charge in [-0.2, -0.15) is 0 Å². The van der Waals surface area contributed by atoms with E-state index in [1.807, 2.05) is 0 Å². The lowest BCUT2D eigenvalue weighted by atomic mass is 9.85. The molecule has 1 aliphatic carbocycles. The molecule has 0 fully saturated rings. The van der Waals surface area contributed by atoms with Gasteiger partial charge in [-0.25, -0.2) is 4.39 Å². The number of ketones is 1. The zero-order valence-corrected chi connectivity index (χ0v) is 12.0. The number of hydrogen-bond donors (Lipinski definition) is 0. The molecule has 0 aromatic heterocycles. The molecule has 20 heavy (non-hydrogen) atoms. The fourth-order valence-corrected chi connectivity index (χ4v) is 2.43. The molecule has 0 radical (unpaired) electrons. The number of ether oxygens (including phenoxy) is 1. The van der Waals surface area contributed by atoms with Gasteiger partial charge in [0.25, 0.3) is 0 Å². The number of allylic oxidation sites excluding steroid dienone is 2. The summed E-state index contributed by atoms with van der Waals surface area (Å²) in [5.41, 5.74) is 0.496. The Kier molecular flexibility index (Phi) is 5.07. The lowest BCUT2D eigenvalue weighted by molar-refractivity contribution is 0.0256. The Morgan fingerprint density at radius 1 is 1.30 bits per heavy atom. The third-order valence-corrected chi connectivity index (χ3v) is 3.98. The van der Waals surface area contributed by atoms with E-state index in [-0.39, 0.29) is 11.6 Å². The predicted molar refractivity (Wildman–Crippen MR) is 77.2 cm³/mol. The molecule has 3 unspecified atom stereocenters. The molecule has 1 aliphatic rings. The van der Waals surface area contributed by atoms with Crippen LogP contribution in [-0.4, -0.2) is 18.5 Å². The van der Waals surface area contributed by atoms with Gasteiger partial charge in [-0.3, -0.25) is 4.79 Å². The molecule has 1 aromatic carbocycles. The Hall–Kier alpha value is -1.48. The van der Waals surface area contributed by atoms with Gasteiger partial charge in [0.1, 0.15) is 11.9 Å². The number of hydrogen-bond acceptors (Lipinski definition) is 2. The quantitative estimate of drug-likeness (QED) is 0.600. The largest absolute Gasteiger partial charge is 0.370 e. The zero-order chi connectivity index (χ0) is 14.5. The summed E-state index contributed by atoms with van der Waals surface area (Å²) in [6.07, 6.45) is 5.99. The normalized spacial score (nSPS) is 23.6. The Morgan fingerprint density at radius 2 is 1.95 bits per heavy atom. The van der Waals surface area contributed by atoms with Crippen molar-refractivity contribution >= 4 is 5.78 Å². The van der Waals surface area contributed by atoms with Gasteiger partial charge in [0.05, 0.1) is 6.61 Å². The van der Waals surface area contributed by atoms with Crippen molar-refractivity contribution in [3.63, 3.8) is 0 Å². The van der Waals surface area contributed by atoms with Gasteiger partial charge >= 0.3 is 0 Å². The predicted octanol–water partition coefficient (Wildman–Crippen LogP) is 4.02. The summed E-state index contributed by atoms with van der Waals surface area (Å²) < 4.78 is 18.6. The number of carbonyl (C=O) groups excluding carboxylic acids is 1. The van der Waals surface area contributed by atoms with Crippen molar-refractivity contribution in [1.29, 1.82) is 0 Å². The average Bonchev–Trinajstić information content (AvgIpc) is 2.46. The van der Waals surface area contributed by atoms with Gasteiger partial charge in [0, 0.05) is 5.56 Å². The Labute approximate surface area is 119 Å². The van der Waals surface area contributed by atoms with Crippen LogP contribution in [0.4, 0.5) is 4.39 Å². The number of halogens is 1. The SMILES string of the molecule is CC(OCC1CC=CCC1C)C(=O)c1ccc(F)cc1. The van der Waals surface area contributed by atoms with E-state index < -0.39 is 6.10 Å². The summed E-state index contributed by atoms with van der Waals surface area (Å²) in [5.74, 6) is 0.638. The molecule has 1 aromatic rings. The lowest BCUT2D eigenvalue weighted by Gasteiger charge is -2.26. The highest BCUT2D eigenvalue weighted by atomic mass is 19.1. The van der Waals surface area contributed by atoms with Crippen molar-refractivity contribution in [3.05, 3.63) is 47.8 Å². The van der Waals surface area contributed by atoms with E-state index in [1.54, 1.807) is 6.92 Å². The fourth-order valence-electron chi connectivity index (χ4n) is 2.43. The summed E-state index contributed by atoms with van der Waals surface area (Å²) >= 11 is 0. The van der Waals surface area contributed by atoms with Crippen molar-refractivity contribution < 1.29 is 13.9 Å². The van der Waals surface area contributed by atoms with Crippen LogP contribution in [0.5, 0.6) is 0 Å². The van der Waals surface area contributed by atoms with Crippen molar-refractivity contribution in [3.8, 4) is 0 Å². The van der Waals surface area contributed by atoms with Crippen LogP contribution in [0, 0.1) is 17.7 Å². The Bertz CT molecular complexity index is 478. The molecular formula is C17H21FO2. The summed E-state index contributed by atoms with van der Waals surface area (Å²) in [5, 5.41) is 0. The van der Waals surface area contributed by atoms with Gasteiger partial charge in [0.15, 0.2) is 5.78 Å². The minimum Gasteiger partial charge on any atom is -0.370 e. The second-order valence-electron chi connectivity index (χ2n) is 5.53. The van der Waals surface area contributed by atoms with Crippen molar-refractivity contribution in [2.24, 2.45) is 11.8 Å². The topological polar surface area (TPSA) is 26.3 Å². The van der Waals surface area contributed by atoms with Crippen LogP contribution in [0.3, 0.4) is 0 Å². The number of rotatable bonds is 5. The van der Waals surface area contributed by atoms with Crippen molar-refractivity contribution in [2.45, 2.75) is 32.8 Å². The number of carbonyl (C=O) groups is 1. The molecule has 0 aliphatic heterocycles. The highest BCUT2D eigenvalue weighted by molar-refractivity contribution is 5.99. The first-order valence-electron chi connectivity index (χ1n) is 7.14. The molecule has 108 valence electrons. The first-order chi connectivity index (χ1) is 9.58. The maximum Gasteiger partial charge on any atom is 0.191 e. The van der Waals surface area contributed by atoms with Gasteiger partial charge in [-0.15, -0.1) is 0 Å². The Balaban J connectivity index is 1.88. The van der Waals surface area contributed by atoms with Crippen LogP contribution in [0.15, 0.2) is 36.4 Å². The van der Waals surface area contributed by atoms with Gasteiger partial charge in [-0.05, 0) is 55.9 Å². The number of benzene rings is 1. The maximum atomic E-state index is 12.8. The summed E-state index contributed by atoms with van der Waals surface area (Å²) in [6.45, 7) is 4.57. The molecular weight excluding hydrogens is 255 g/mol. The van der Waals surface area contributed by atoms with E-state index in [2.05, 4.69) is 19.1 Å². The average molecular weight is 276 g/mol. The van der Waals surface area contributed by atoms with Crippen LogP contribution in [0.1, 0.15) is 37.0 Å². The molecule has 0 saturated heterocycles. The highest BCUT2D eigenvalue weighted by Gasteiger charge is 2.22. The molecule has 0 heterocycles. The van der Waals surface area contributed by atoms with E-state index in [4.69, 9.17) is 4.74 Å². The fraction of sp³-hybridized carbons (Fsp3) is 0.471. The first kappa shape index (κ1) is 14.9. The molecule has 2 rings (SSSR count). The van der Waals surface area contributed by atoms with Crippen LogP contribution >= 0.6 is 0 Å². The van der Waals surface area contributed by atoms with Crippen LogP contribution in [-0.2, 0) is 4.74 Å². The zero-order valence-electron chi connectivity index (χ0n) is 12.0. The van der Waals surface area contributed by atoms with Crippen LogP contribution in [0.25, 0.3) is 0 Å². The molecule has 2 nitrogen and oxygen atoms in total. The third-order valence-electron chi connectivity index (χ3n) is 3.98. The summed E-state index contributed by atoms with van der Waals surface area (Å²) in [7, 11) is 0. The van der Waals surface area contributed by atoms with E-state index in [0.717, 1.165) is 12.8 Å². The minimum absolute atomic E-state index is 0.0935. The highest BCUT2D eigenvalue weighted by Crippen LogP contribution is 2.25. The molecule has 0 amide bonds. The van der Waals surface area contributed by atoms with E-state index in [9.17, 15) is 9.18 Å². The molecule has 3 atom stereocenters. The van der Waals surface area contributed by atoms with E-state index in [0.29, 0.717) is 24.0 Å². The van der Waals surface area contributed by atoms with E-state index in [1.165, 1.54) is 24.3 Å². The second-order valence-corrected chi connectivity index (χ2v) is 5.53. The van der Waals surface area contributed by atoms with Gasteiger partial charge in [0.2, 0.25) is 0 Å². The molecule has 0 bridgehead atoms. The summed E-state index contributed by atoms with van der Waals surface area (Å²) in [4.78, 5) is 12.1. The second kappa shape index (κ2) is 6.80. The monoisotopic (exact) mass is 276 g/mol. The maximum absolute atomic E-state index is 12.8. The Morgan fingerprint density at radius 3 is 2.60 bits per heavy atom. The first-order valence-corrected chi connectivity index (χ1v) is 7.14. The molecule has 0 N–H and O–H groups in total. The van der Waals surface area contributed by atoms with Crippen molar-refractivity contribution in [1.82, 2.24) is 0 Å².